The number of rotatable bonds is 7. The smallest absolute Gasteiger partial charge is 0.338 e. The predicted molar refractivity (Wildman–Crippen MR) is 106 cm³/mol. The molecular formula is C19H16N4O3S2. The van der Waals surface area contributed by atoms with Gasteiger partial charge in [-0.3, -0.25) is 4.68 Å². The van der Waals surface area contributed by atoms with Crippen LogP contribution in [-0.4, -0.2) is 25.7 Å². The molecule has 0 aliphatic carbocycles. The van der Waals surface area contributed by atoms with E-state index in [0.717, 1.165) is 16.3 Å². The average Bonchev–Trinajstić information content (AvgIpc) is 3.46. The zero-order valence-corrected chi connectivity index (χ0v) is 16.6. The summed E-state index contributed by atoms with van der Waals surface area (Å²) in [6.07, 6.45) is 3.65. The lowest BCUT2D eigenvalue weighted by Gasteiger charge is -2.07. The van der Waals surface area contributed by atoms with Crippen LogP contribution in [0.5, 0.6) is 5.75 Å². The maximum absolute atomic E-state index is 12.4. The fourth-order valence-electron chi connectivity index (χ4n) is 2.44. The minimum atomic E-state index is -0.421. The monoisotopic (exact) mass is 412 g/mol. The van der Waals surface area contributed by atoms with Gasteiger partial charge in [0.05, 0.1) is 28.7 Å². The lowest BCUT2D eigenvalue weighted by atomic mass is 10.2. The second-order valence-corrected chi connectivity index (χ2v) is 7.50. The van der Waals surface area contributed by atoms with Crippen LogP contribution in [0.3, 0.4) is 0 Å². The molecule has 0 bridgehead atoms. The fraction of sp³-hybridized carbons (Fsp3) is 0.158. The normalized spacial score (nSPS) is 10.8. The maximum atomic E-state index is 12.4. The van der Waals surface area contributed by atoms with Gasteiger partial charge >= 0.3 is 5.97 Å². The third kappa shape index (κ3) is 4.44. The number of ether oxygens (including phenoxy) is 2. The Bertz CT molecular complexity index is 1070. The molecule has 142 valence electrons. The molecular weight excluding hydrogens is 396 g/mol. The standard InChI is InChI=1S/C19H16N4O3S2/c1-23-7-14(6-21-23)18-22-16(11-28-18)9-26-19(24)13-3-2-4-17(5-13)25-8-15-10-27-12-20-15/h2-7,10-12H,8-9H2,1H3. The number of aryl methyl sites for hydroxylation is 1. The van der Waals surface area contributed by atoms with Crippen molar-refractivity contribution in [1.29, 1.82) is 0 Å². The highest BCUT2D eigenvalue weighted by atomic mass is 32.1. The number of aromatic nitrogens is 4. The van der Waals surface area contributed by atoms with Crippen molar-refractivity contribution in [3.05, 3.63) is 69.9 Å². The molecule has 7 nitrogen and oxygen atoms in total. The number of carbonyl (C=O) groups is 1. The van der Waals surface area contributed by atoms with E-state index in [0.29, 0.717) is 23.6 Å². The number of esters is 1. The van der Waals surface area contributed by atoms with Crippen LogP contribution in [0.25, 0.3) is 10.6 Å². The maximum Gasteiger partial charge on any atom is 0.338 e. The highest BCUT2D eigenvalue weighted by Gasteiger charge is 2.12. The summed E-state index contributed by atoms with van der Waals surface area (Å²) >= 11 is 3.00. The predicted octanol–water partition coefficient (Wildman–Crippen LogP) is 3.94. The van der Waals surface area contributed by atoms with Gasteiger partial charge in [0.2, 0.25) is 0 Å². The lowest BCUT2D eigenvalue weighted by molar-refractivity contribution is 0.0468. The number of hydrogen-bond acceptors (Lipinski definition) is 8. The van der Waals surface area contributed by atoms with Crippen molar-refractivity contribution in [3.63, 3.8) is 0 Å². The van der Waals surface area contributed by atoms with Crippen LogP contribution < -0.4 is 4.74 Å². The van der Waals surface area contributed by atoms with Gasteiger partial charge in [-0.2, -0.15) is 5.10 Å². The van der Waals surface area contributed by atoms with Crippen LogP contribution >= 0.6 is 22.7 Å². The quantitative estimate of drug-likeness (QED) is 0.428. The van der Waals surface area contributed by atoms with Crippen molar-refractivity contribution in [2.45, 2.75) is 13.2 Å². The Morgan fingerprint density at radius 1 is 1.21 bits per heavy atom. The molecule has 3 heterocycles. The third-order valence-corrected chi connectivity index (χ3v) is 5.37. The van der Waals surface area contributed by atoms with Crippen LogP contribution in [0, 0.1) is 0 Å². The number of benzene rings is 1. The Hall–Kier alpha value is -3.04. The van der Waals surface area contributed by atoms with E-state index in [9.17, 15) is 4.79 Å². The van der Waals surface area contributed by atoms with Crippen molar-refractivity contribution >= 4 is 28.6 Å². The summed E-state index contributed by atoms with van der Waals surface area (Å²) in [5, 5.41) is 8.78. The van der Waals surface area contributed by atoms with Crippen molar-refractivity contribution in [3.8, 4) is 16.3 Å². The molecule has 0 aliphatic heterocycles. The zero-order valence-electron chi connectivity index (χ0n) is 14.9. The number of carbonyl (C=O) groups excluding carboxylic acids is 1. The summed E-state index contributed by atoms with van der Waals surface area (Å²) in [5.74, 6) is 0.171. The van der Waals surface area contributed by atoms with Gasteiger partial charge in [0.1, 0.15) is 24.0 Å². The van der Waals surface area contributed by atoms with Crippen molar-refractivity contribution in [2.75, 3.05) is 0 Å². The minimum absolute atomic E-state index is 0.111. The van der Waals surface area contributed by atoms with Crippen LogP contribution in [-0.2, 0) is 25.0 Å². The number of nitrogens with zero attached hydrogens (tertiary/aromatic N) is 4. The Balaban J connectivity index is 1.35. The van der Waals surface area contributed by atoms with E-state index in [4.69, 9.17) is 9.47 Å². The molecule has 0 amide bonds. The van der Waals surface area contributed by atoms with Gasteiger partial charge in [-0.25, -0.2) is 14.8 Å². The SMILES string of the molecule is Cn1cc(-c2nc(COC(=O)c3cccc(OCc4cscn4)c3)cs2)cn1. The topological polar surface area (TPSA) is 79.1 Å². The van der Waals surface area contributed by atoms with Gasteiger partial charge in [-0.15, -0.1) is 22.7 Å². The molecule has 4 rings (SSSR count). The Kier molecular flexibility index (Phi) is 5.45. The first-order valence-corrected chi connectivity index (χ1v) is 10.2. The van der Waals surface area contributed by atoms with E-state index in [1.165, 1.54) is 22.7 Å². The van der Waals surface area contributed by atoms with Crippen LogP contribution in [0.4, 0.5) is 0 Å². The second-order valence-electron chi connectivity index (χ2n) is 5.92. The zero-order chi connectivity index (χ0) is 19.3. The molecule has 3 aromatic heterocycles. The Morgan fingerprint density at radius 3 is 2.93 bits per heavy atom. The first kappa shape index (κ1) is 18.3. The Labute approximate surface area is 169 Å². The van der Waals surface area contributed by atoms with E-state index < -0.39 is 5.97 Å². The largest absolute Gasteiger partial charge is 0.487 e. The van der Waals surface area contributed by atoms with Crippen molar-refractivity contribution < 1.29 is 14.3 Å². The fourth-order valence-corrected chi connectivity index (χ4v) is 3.76. The molecule has 0 spiro atoms. The molecule has 0 saturated carbocycles. The van der Waals surface area contributed by atoms with Crippen molar-refractivity contribution in [1.82, 2.24) is 19.7 Å². The van der Waals surface area contributed by atoms with Crippen LogP contribution in [0.15, 0.2) is 52.9 Å². The van der Waals surface area contributed by atoms with E-state index >= 15 is 0 Å². The average molecular weight is 412 g/mol. The summed E-state index contributed by atoms with van der Waals surface area (Å²) < 4.78 is 12.8. The van der Waals surface area contributed by atoms with Crippen molar-refractivity contribution in [2.24, 2.45) is 7.05 Å². The van der Waals surface area contributed by atoms with E-state index in [1.54, 1.807) is 40.7 Å². The summed E-state index contributed by atoms with van der Waals surface area (Å²) in [6.45, 7) is 0.470. The molecule has 0 unspecified atom stereocenters. The summed E-state index contributed by atoms with van der Waals surface area (Å²) in [6, 6.07) is 6.91. The first-order chi connectivity index (χ1) is 13.7. The third-order valence-electron chi connectivity index (χ3n) is 3.79. The molecule has 9 heteroatoms. The highest BCUT2D eigenvalue weighted by molar-refractivity contribution is 7.13. The van der Waals surface area contributed by atoms with Gasteiger partial charge in [-0.05, 0) is 18.2 Å². The molecule has 0 radical (unpaired) electrons. The molecule has 0 N–H and O–H groups in total. The molecule has 0 fully saturated rings. The highest BCUT2D eigenvalue weighted by Crippen LogP contribution is 2.23. The summed E-state index contributed by atoms with van der Waals surface area (Å²) in [4.78, 5) is 21.0. The van der Waals surface area contributed by atoms with Gasteiger partial charge in [0.15, 0.2) is 0 Å². The molecule has 4 aromatic rings. The molecule has 28 heavy (non-hydrogen) atoms. The van der Waals surface area contributed by atoms with Crippen LogP contribution in [0.1, 0.15) is 21.7 Å². The Morgan fingerprint density at radius 2 is 2.14 bits per heavy atom. The van der Waals surface area contributed by atoms with Gasteiger partial charge in [0.25, 0.3) is 0 Å². The van der Waals surface area contributed by atoms with E-state index in [-0.39, 0.29) is 6.61 Å². The molecule has 0 saturated heterocycles. The van der Waals surface area contributed by atoms with Gasteiger partial charge < -0.3 is 9.47 Å². The molecule has 0 aliphatic rings. The summed E-state index contributed by atoms with van der Waals surface area (Å²) in [5.41, 5.74) is 4.68. The lowest BCUT2D eigenvalue weighted by Crippen LogP contribution is -2.06. The minimum Gasteiger partial charge on any atom is -0.487 e. The van der Waals surface area contributed by atoms with Crippen LogP contribution in [0.2, 0.25) is 0 Å². The van der Waals surface area contributed by atoms with Gasteiger partial charge in [0, 0.05) is 29.6 Å². The summed E-state index contributed by atoms with van der Waals surface area (Å²) in [7, 11) is 1.86. The number of thiazole rings is 2. The molecule has 1 aromatic carbocycles. The van der Waals surface area contributed by atoms with E-state index in [1.807, 2.05) is 24.0 Å². The van der Waals surface area contributed by atoms with E-state index in [2.05, 4.69) is 15.1 Å². The number of hydrogen-bond donors (Lipinski definition) is 0. The molecule has 0 atom stereocenters. The first-order valence-electron chi connectivity index (χ1n) is 8.38. The van der Waals surface area contributed by atoms with Gasteiger partial charge in [-0.1, -0.05) is 6.07 Å². The second kappa shape index (κ2) is 8.32.